The second-order valence-corrected chi connectivity index (χ2v) is 7.75. The summed E-state index contributed by atoms with van der Waals surface area (Å²) in [6, 6.07) is 4.89. The van der Waals surface area contributed by atoms with Crippen molar-refractivity contribution >= 4 is 17.7 Å². The molecule has 1 rings (SSSR count). The van der Waals surface area contributed by atoms with Crippen molar-refractivity contribution < 1.29 is 19.1 Å². The van der Waals surface area contributed by atoms with Crippen LogP contribution >= 0.6 is 0 Å². The Bertz CT molecular complexity index is 612. The van der Waals surface area contributed by atoms with Crippen LogP contribution in [0.2, 0.25) is 0 Å². The molecular weight excluding hydrogens is 308 g/mol. The van der Waals surface area contributed by atoms with E-state index in [1.54, 1.807) is 66.8 Å². The Kier molecular flexibility index (Phi) is 5.87. The van der Waals surface area contributed by atoms with E-state index in [9.17, 15) is 9.59 Å². The zero-order valence-corrected chi connectivity index (χ0v) is 15.6. The smallest absolute Gasteiger partial charge is 0.410 e. The number of benzene rings is 1. The third-order valence-electron chi connectivity index (χ3n) is 2.89. The van der Waals surface area contributed by atoms with Gasteiger partial charge in [-0.25, -0.2) is 9.59 Å². The Morgan fingerprint density at radius 1 is 1.04 bits per heavy atom. The van der Waals surface area contributed by atoms with Gasteiger partial charge in [0, 0.05) is 12.7 Å². The summed E-state index contributed by atoms with van der Waals surface area (Å²) >= 11 is 0. The second-order valence-electron chi connectivity index (χ2n) is 7.75. The van der Waals surface area contributed by atoms with E-state index < -0.39 is 23.3 Å². The van der Waals surface area contributed by atoms with E-state index in [1.807, 2.05) is 0 Å². The van der Waals surface area contributed by atoms with Gasteiger partial charge in [-0.05, 0) is 65.3 Å². The highest BCUT2D eigenvalue weighted by atomic mass is 16.6. The topological polar surface area (TPSA) is 81.9 Å². The largest absolute Gasteiger partial charge is 0.456 e. The molecule has 134 valence electrons. The summed E-state index contributed by atoms with van der Waals surface area (Å²) in [5, 5.41) is 0. The Morgan fingerprint density at radius 3 is 2.08 bits per heavy atom. The van der Waals surface area contributed by atoms with Gasteiger partial charge in [-0.2, -0.15) is 0 Å². The first-order valence-electron chi connectivity index (χ1n) is 7.84. The minimum Gasteiger partial charge on any atom is -0.456 e. The maximum Gasteiger partial charge on any atom is 0.410 e. The predicted octanol–water partition coefficient (Wildman–Crippen LogP) is 3.59. The van der Waals surface area contributed by atoms with Gasteiger partial charge in [-0.15, -0.1) is 0 Å². The van der Waals surface area contributed by atoms with Gasteiger partial charge in [0.1, 0.15) is 11.2 Å². The molecule has 0 aliphatic heterocycles. The van der Waals surface area contributed by atoms with Gasteiger partial charge in [-0.1, -0.05) is 0 Å². The first-order chi connectivity index (χ1) is 10.8. The summed E-state index contributed by atoms with van der Waals surface area (Å²) in [6.07, 6.45) is -0.454. The molecule has 1 aromatic rings. The Hall–Kier alpha value is -2.24. The van der Waals surface area contributed by atoms with Crippen molar-refractivity contribution in [2.24, 2.45) is 0 Å². The molecule has 0 radical (unpaired) electrons. The molecule has 0 heterocycles. The second kappa shape index (κ2) is 7.11. The highest BCUT2D eigenvalue weighted by Gasteiger charge is 2.22. The fraction of sp³-hybridized carbons (Fsp3) is 0.556. The SMILES string of the molecule is CN(Cc1cc(C(=O)OC(C)(C)C)ccc1N)C(=O)OC(C)(C)C. The molecule has 0 saturated heterocycles. The van der Waals surface area contributed by atoms with E-state index in [4.69, 9.17) is 15.2 Å². The molecule has 0 bridgehead atoms. The molecule has 0 spiro atoms. The van der Waals surface area contributed by atoms with Gasteiger partial charge >= 0.3 is 12.1 Å². The third-order valence-corrected chi connectivity index (χ3v) is 2.89. The maximum atomic E-state index is 12.2. The lowest BCUT2D eigenvalue weighted by Gasteiger charge is -2.25. The van der Waals surface area contributed by atoms with Crippen LogP contribution in [-0.4, -0.2) is 35.2 Å². The van der Waals surface area contributed by atoms with E-state index >= 15 is 0 Å². The first-order valence-corrected chi connectivity index (χ1v) is 7.84. The van der Waals surface area contributed by atoms with Crippen LogP contribution in [-0.2, 0) is 16.0 Å². The Balaban J connectivity index is 2.90. The molecule has 6 heteroatoms. The van der Waals surface area contributed by atoms with Crippen molar-refractivity contribution in [2.45, 2.75) is 59.3 Å². The number of hydrogen-bond donors (Lipinski definition) is 1. The summed E-state index contributed by atoms with van der Waals surface area (Å²) in [7, 11) is 1.62. The lowest BCUT2D eigenvalue weighted by Crippen LogP contribution is -2.34. The number of rotatable bonds is 3. The van der Waals surface area contributed by atoms with Crippen LogP contribution in [0.15, 0.2) is 18.2 Å². The van der Waals surface area contributed by atoms with E-state index in [2.05, 4.69) is 0 Å². The van der Waals surface area contributed by atoms with Gasteiger partial charge in [0.25, 0.3) is 0 Å². The fourth-order valence-corrected chi connectivity index (χ4v) is 1.87. The van der Waals surface area contributed by atoms with Gasteiger partial charge in [0.05, 0.1) is 12.1 Å². The van der Waals surface area contributed by atoms with Crippen LogP contribution in [0.5, 0.6) is 0 Å². The van der Waals surface area contributed by atoms with Gasteiger partial charge < -0.3 is 20.1 Å². The monoisotopic (exact) mass is 336 g/mol. The molecule has 6 nitrogen and oxygen atoms in total. The summed E-state index contributed by atoms with van der Waals surface area (Å²) in [6.45, 7) is 11.1. The van der Waals surface area contributed by atoms with Gasteiger partial charge in [0.15, 0.2) is 0 Å². The molecule has 0 saturated carbocycles. The minimum absolute atomic E-state index is 0.234. The highest BCUT2D eigenvalue weighted by molar-refractivity contribution is 5.90. The molecule has 0 aliphatic carbocycles. The Labute approximate surface area is 143 Å². The van der Waals surface area contributed by atoms with E-state index in [0.29, 0.717) is 16.8 Å². The number of nitrogens with zero attached hydrogens (tertiary/aromatic N) is 1. The number of ether oxygens (including phenoxy) is 2. The van der Waals surface area contributed by atoms with Crippen molar-refractivity contribution in [2.75, 3.05) is 12.8 Å². The van der Waals surface area contributed by atoms with Gasteiger partial charge in [0.2, 0.25) is 0 Å². The number of carbonyl (C=O) groups is 2. The highest BCUT2D eigenvalue weighted by Crippen LogP contribution is 2.20. The van der Waals surface area contributed by atoms with Crippen molar-refractivity contribution in [3.63, 3.8) is 0 Å². The fourth-order valence-electron chi connectivity index (χ4n) is 1.87. The molecule has 1 aromatic carbocycles. The van der Waals surface area contributed by atoms with E-state index in [0.717, 1.165) is 0 Å². The molecule has 0 unspecified atom stereocenters. The number of nitrogens with two attached hydrogens (primary N) is 1. The molecule has 0 aromatic heterocycles. The predicted molar refractivity (Wildman–Crippen MR) is 93.7 cm³/mol. The quantitative estimate of drug-likeness (QED) is 0.674. The van der Waals surface area contributed by atoms with Crippen LogP contribution in [0.4, 0.5) is 10.5 Å². The number of nitrogen functional groups attached to an aromatic ring is 1. The number of esters is 1. The normalized spacial score (nSPS) is 11.8. The van der Waals surface area contributed by atoms with Crippen LogP contribution in [0, 0.1) is 0 Å². The summed E-state index contributed by atoms with van der Waals surface area (Å²) in [5.41, 5.74) is 6.36. The van der Waals surface area contributed by atoms with Crippen molar-refractivity contribution in [3.05, 3.63) is 29.3 Å². The van der Waals surface area contributed by atoms with Gasteiger partial charge in [-0.3, -0.25) is 0 Å². The Morgan fingerprint density at radius 2 is 1.58 bits per heavy atom. The molecule has 24 heavy (non-hydrogen) atoms. The third kappa shape index (κ3) is 6.48. The summed E-state index contributed by atoms with van der Waals surface area (Å²) in [4.78, 5) is 25.6. The van der Waals surface area contributed by atoms with E-state index in [-0.39, 0.29) is 6.54 Å². The van der Waals surface area contributed by atoms with Crippen molar-refractivity contribution in [1.82, 2.24) is 4.90 Å². The van der Waals surface area contributed by atoms with Crippen LogP contribution in [0.25, 0.3) is 0 Å². The van der Waals surface area contributed by atoms with Crippen LogP contribution in [0.1, 0.15) is 57.5 Å². The van der Waals surface area contributed by atoms with E-state index in [1.165, 1.54) is 4.90 Å². The lowest BCUT2D eigenvalue weighted by molar-refractivity contribution is 0.00692. The lowest BCUT2D eigenvalue weighted by atomic mass is 10.1. The number of anilines is 1. The summed E-state index contributed by atoms with van der Waals surface area (Å²) in [5.74, 6) is -0.427. The number of hydrogen-bond acceptors (Lipinski definition) is 5. The number of amides is 1. The number of carbonyl (C=O) groups excluding carboxylic acids is 2. The standard InChI is InChI=1S/C18H28N2O4/c1-17(2,3)23-15(21)12-8-9-14(19)13(10-12)11-20(7)16(22)24-18(4,5)6/h8-10H,11,19H2,1-7H3. The van der Waals surface area contributed by atoms with Crippen LogP contribution in [0.3, 0.4) is 0 Å². The molecule has 1 amide bonds. The molecule has 0 aliphatic rings. The molecular formula is C18H28N2O4. The summed E-state index contributed by atoms with van der Waals surface area (Å²) < 4.78 is 10.7. The minimum atomic E-state index is -0.577. The zero-order valence-electron chi connectivity index (χ0n) is 15.6. The maximum absolute atomic E-state index is 12.2. The zero-order chi connectivity index (χ0) is 18.7. The first kappa shape index (κ1) is 19.8. The van der Waals surface area contributed by atoms with Crippen LogP contribution < -0.4 is 5.73 Å². The average Bonchev–Trinajstić information content (AvgIpc) is 2.37. The molecule has 0 atom stereocenters. The molecule has 2 N–H and O–H groups in total. The average molecular weight is 336 g/mol. The molecule has 0 fully saturated rings. The van der Waals surface area contributed by atoms with Crippen molar-refractivity contribution in [1.29, 1.82) is 0 Å². The van der Waals surface area contributed by atoms with Crippen molar-refractivity contribution in [3.8, 4) is 0 Å².